The summed E-state index contributed by atoms with van der Waals surface area (Å²) in [5.41, 5.74) is 3.83. The normalized spacial score (nSPS) is 26.5. The van der Waals surface area contributed by atoms with Crippen molar-refractivity contribution in [1.29, 1.82) is 0 Å². The molecular formula is C15H26N6. The topological polar surface area (TPSA) is 70.3 Å². The molecule has 1 aromatic rings. The Labute approximate surface area is 126 Å². The Balaban J connectivity index is 1.82. The molecule has 0 spiro atoms. The maximum Gasteiger partial charge on any atom is 0.148 e. The zero-order chi connectivity index (χ0) is 14.8. The van der Waals surface area contributed by atoms with Crippen LogP contribution in [0.25, 0.3) is 0 Å². The maximum atomic E-state index is 5.58. The van der Waals surface area contributed by atoms with Crippen LogP contribution >= 0.6 is 0 Å². The molecule has 2 atom stereocenters. The molecule has 0 radical (unpaired) electrons. The van der Waals surface area contributed by atoms with E-state index in [0.29, 0.717) is 0 Å². The van der Waals surface area contributed by atoms with Gasteiger partial charge >= 0.3 is 0 Å². The highest BCUT2D eigenvalue weighted by Crippen LogP contribution is 2.33. The smallest absolute Gasteiger partial charge is 0.148 e. The number of rotatable bonds is 3. The van der Waals surface area contributed by atoms with Crippen LogP contribution in [0.15, 0.2) is 6.33 Å². The van der Waals surface area contributed by atoms with E-state index >= 15 is 0 Å². The molecule has 3 heterocycles. The van der Waals surface area contributed by atoms with Gasteiger partial charge in [0.1, 0.15) is 18.0 Å². The standard InChI is InChI=1S/C15H26N6/c1-3-12-14(19-16)17-10-18-15(12)21-8-6-13-11(9-21)5-4-7-20(13)2/h10-11,13H,3-9,16H2,1-2H3,(H,17,18,19). The highest BCUT2D eigenvalue weighted by molar-refractivity contribution is 5.58. The molecule has 0 bridgehead atoms. The molecule has 2 unspecified atom stereocenters. The van der Waals surface area contributed by atoms with Gasteiger partial charge in [-0.25, -0.2) is 15.8 Å². The molecule has 2 aliphatic rings. The number of nitrogens with two attached hydrogens (primary N) is 1. The van der Waals surface area contributed by atoms with E-state index in [1.54, 1.807) is 6.33 Å². The second-order valence-corrected chi connectivity index (χ2v) is 6.21. The summed E-state index contributed by atoms with van der Waals surface area (Å²) in [5.74, 6) is 8.16. The Bertz CT molecular complexity index is 491. The van der Waals surface area contributed by atoms with Crippen LogP contribution in [0.3, 0.4) is 0 Å². The van der Waals surface area contributed by atoms with Crippen molar-refractivity contribution in [2.24, 2.45) is 11.8 Å². The number of nitrogens with one attached hydrogen (secondary N) is 1. The predicted octanol–water partition coefficient (Wildman–Crippen LogP) is 1.25. The Morgan fingerprint density at radius 1 is 1.33 bits per heavy atom. The summed E-state index contributed by atoms with van der Waals surface area (Å²) in [6.45, 7) is 5.54. The number of hydrazine groups is 1. The second kappa shape index (κ2) is 6.15. The zero-order valence-corrected chi connectivity index (χ0v) is 13.0. The molecule has 116 valence electrons. The van der Waals surface area contributed by atoms with Gasteiger partial charge in [0.25, 0.3) is 0 Å². The molecule has 0 saturated carbocycles. The predicted molar refractivity (Wildman–Crippen MR) is 85.2 cm³/mol. The fraction of sp³-hybridized carbons (Fsp3) is 0.733. The van der Waals surface area contributed by atoms with Gasteiger partial charge in [-0.05, 0) is 45.2 Å². The number of hydrogen-bond acceptors (Lipinski definition) is 6. The first kappa shape index (κ1) is 14.5. The van der Waals surface area contributed by atoms with E-state index in [4.69, 9.17) is 5.84 Å². The van der Waals surface area contributed by atoms with Gasteiger partial charge in [-0.15, -0.1) is 0 Å². The second-order valence-electron chi connectivity index (χ2n) is 6.21. The molecule has 2 aliphatic heterocycles. The number of nitrogens with zero attached hydrogens (tertiary/aromatic N) is 4. The minimum absolute atomic E-state index is 0.744. The molecule has 2 fully saturated rings. The largest absolute Gasteiger partial charge is 0.356 e. The van der Waals surface area contributed by atoms with Crippen molar-refractivity contribution in [3.8, 4) is 0 Å². The van der Waals surface area contributed by atoms with Gasteiger partial charge in [-0.3, -0.25) is 0 Å². The summed E-state index contributed by atoms with van der Waals surface area (Å²) in [5, 5.41) is 0. The minimum atomic E-state index is 0.744. The van der Waals surface area contributed by atoms with E-state index in [-0.39, 0.29) is 0 Å². The number of piperidine rings is 2. The lowest BCUT2D eigenvalue weighted by Crippen LogP contribution is -2.53. The van der Waals surface area contributed by atoms with E-state index in [0.717, 1.165) is 48.7 Å². The van der Waals surface area contributed by atoms with Crippen LogP contribution in [0.4, 0.5) is 11.6 Å². The van der Waals surface area contributed by atoms with E-state index < -0.39 is 0 Å². The molecule has 2 saturated heterocycles. The Hall–Kier alpha value is -1.40. The highest BCUT2D eigenvalue weighted by atomic mass is 15.3. The van der Waals surface area contributed by atoms with E-state index in [9.17, 15) is 0 Å². The van der Waals surface area contributed by atoms with Gasteiger partial charge in [-0.2, -0.15) is 0 Å². The molecular weight excluding hydrogens is 264 g/mol. The highest BCUT2D eigenvalue weighted by Gasteiger charge is 2.35. The van der Waals surface area contributed by atoms with Gasteiger partial charge in [0.2, 0.25) is 0 Å². The van der Waals surface area contributed by atoms with Crippen molar-refractivity contribution in [3.05, 3.63) is 11.9 Å². The van der Waals surface area contributed by atoms with Crippen LogP contribution in [-0.4, -0.2) is 47.6 Å². The van der Waals surface area contributed by atoms with Gasteiger partial charge in [0, 0.05) is 24.7 Å². The fourth-order valence-electron chi connectivity index (χ4n) is 3.97. The number of likely N-dealkylation sites (tertiary alicyclic amines) is 1. The lowest BCUT2D eigenvalue weighted by atomic mass is 9.84. The Morgan fingerprint density at radius 3 is 2.95 bits per heavy atom. The average Bonchev–Trinajstić information content (AvgIpc) is 2.53. The third kappa shape index (κ3) is 2.70. The van der Waals surface area contributed by atoms with Crippen LogP contribution < -0.4 is 16.2 Å². The molecule has 0 amide bonds. The zero-order valence-electron chi connectivity index (χ0n) is 13.0. The molecule has 3 rings (SSSR count). The van der Waals surface area contributed by atoms with Crippen molar-refractivity contribution in [2.75, 3.05) is 37.0 Å². The van der Waals surface area contributed by atoms with E-state index in [2.05, 4.69) is 39.2 Å². The molecule has 6 heteroatoms. The SMILES string of the molecule is CCc1c(NN)ncnc1N1CCC2C(CCCN2C)C1. The number of fused-ring (bicyclic) bond motifs is 1. The first-order valence-corrected chi connectivity index (χ1v) is 8.00. The lowest BCUT2D eigenvalue weighted by Gasteiger charge is -2.46. The number of nitrogen functional groups attached to an aromatic ring is 1. The number of hydrogen-bond donors (Lipinski definition) is 2. The van der Waals surface area contributed by atoms with Crippen molar-refractivity contribution in [2.45, 2.75) is 38.6 Å². The molecule has 6 nitrogen and oxygen atoms in total. The fourth-order valence-corrected chi connectivity index (χ4v) is 3.97. The molecule has 21 heavy (non-hydrogen) atoms. The van der Waals surface area contributed by atoms with Crippen molar-refractivity contribution >= 4 is 11.6 Å². The average molecular weight is 290 g/mol. The summed E-state index contributed by atoms with van der Waals surface area (Å²) < 4.78 is 0. The van der Waals surface area contributed by atoms with Gasteiger partial charge in [0.05, 0.1) is 0 Å². The number of aromatic nitrogens is 2. The summed E-state index contributed by atoms with van der Waals surface area (Å²) >= 11 is 0. The van der Waals surface area contributed by atoms with Crippen molar-refractivity contribution in [3.63, 3.8) is 0 Å². The lowest BCUT2D eigenvalue weighted by molar-refractivity contribution is 0.102. The number of anilines is 2. The van der Waals surface area contributed by atoms with Gasteiger partial charge in [-0.1, -0.05) is 6.92 Å². The van der Waals surface area contributed by atoms with Gasteiger partial charge in [0.15, 0.2) is 0 Å². The monoisotopic (exact) mass is 290 g/mol. The molecule has 0 aliphatic carbocycles. The van der Waals surface area contributed by atoms with Crippen LogP contribution in [0.2, 0.25) is 0 Å². The van der Waals surface area contributed by atoms with E-state index in [1.165, 1.54) is 25.8 Å². The molecule has 3 N–H and O–H groups in total. The minimum Gasteiger partial charge on any atom is -0.356 e. The van der Waals surface area contributed by atoms with Crippen LogP contribution in [0, 0.1) is 5.92 Å². The first-order chi connectivity index (χ1) is 10.2. The summed E-state index contributed by atoms with van der Waals surface area (Å²) in [7, 11) is 2.27. The summed E-state index contributed by atoms with van der Waals surface area (Å²) in [6.07, 6.45) is 6.37. The third-order valence-electron chi connectivity index (χ3n) is 5.06. The maximum absolute atomic E-state index is 5.58. The summed E-state index contributed by atoms with van der Waals surface area (Å²) in [6, 6.07) is 0.744. The first-order valence-electron chi connectivity index (χ1n) is 8.00. The van der Waals surface area contributed by atoms with Crippen LogP contribution in [0.1, 0.15) is 31.7 Å². The Morgan fingerprint density at radius 2 is 2.19 bits per heavy atom. The Kier molecular flexibility index (Phi) is 4.26. The van der Waals surface area contributed by atoms with Crippen LogP contribution in [0.5, 0.6) is 0 Å². The van der Waals surface area contributed by atoms with Crippen molar-refractivity contribution < 1.29 is 0 Å². The third-order valence-corrected chi connectivity index (χ3v) is 5.06. The quantitative estimate of drug-likeness (QED) is 0.645. The molecule has 1 aromatic heterocycles. The van der Waals surface area contributed by atoms with Gasteiger partial charge < -0.3 is 15.2 Å². The van der Waals surface area contributed by atoms with Crippen molar-refractivity contribution in [1.82, 2.24) is 14.9 Å². The molecule has 0 aromatic carbocycles. The van der Waals surface area contributed by atoms with Crippen LogP contribution in [-0.2, 0) is 6.42 Å². The summed E-state index contributed by atoms with van der Waals surface area (Å²) in [4.78, 5) is 13.8. The van der Waals surface area contributed by atoms with E-state index in [1.807, 2.05) is 0 Å².